The highest BCUT2D eigenvalue weighted by Crippen LogP contribution is 2.30. The third-order valence-corrected chi connectivity index (χ3v) is 5.80. The van der Waals surface area contributed by atoms with Crippen molar-refractivity contribution in [3.63, 3.8) is 0 Å². The van der Waals surface area contributed by atoms with Crippen molar-refractivity contribution in [3.8, 4) is 22.6 Å². The first-order chi connectivity index (χ1) is 15.6. The molecule has 2 aromatic carbocycles. The average Bonchev–Trinajstić information content (AvgIpc) is 2.84. The van der Waals surface area contributed by atoms with Crippen LogP contribution in [0.1, 0.15) is 18.4 Å². The Morgan fingerprint density at radius 3 is 2.41 bits per heavy atom. The van der Waals surface area contributed by atoms with Gasteiger partial charge in [-0.25, -0.2) is 9.97 Å². The molecule has 166 valence electrons. The third-order valence-electron chi connectivity index (χ3n) is 5.80. The molecule has 1 aromatic heterocycles. The predicted octanol–water partition coefficient (Wildman–Crippen LogP) is 4.32. The predicted molar refractivity (Wildman–Crippen MR) is 125 cm³/mol. The van der Waals surface area contributed by atoms with E-state index in [4.69, 9.17) is 9.47 Å². The Labute approximate surface area is 188 Å². The molecule has 1 saturated heterocycles. The molecule has 7 nitrogen and oxygen atoms in total. The number of nitrogens with one attached hydrogen (secondary N) is 1. The maximum atomic E-state index is 12.8. The monoisotopic (exact) mass is 432 g/mol. The van der Waals surface area contributed by atoms with Crippen LogP contribution in [-0.4, -0.2) is 43.2 Å². The van der Waals surface area contributed by atoms with E-state index in [9.17, 15) is 4.79 Å². The van der Waals surface area contributed by atoms with E-state index >= 15 is 0 Å². The highest BCUT2D eigenvalue weighted by atomic mass is 16.5. The van der Waals surface area contributed by atoms with E-state index in [-0.39, 0.29) is 11.8 Å². The van der Waals surface area contributed by atoms with Crippen LogP contribution >= 0.6 is 0 Å². The maximum absolute atomic E-state index is 12.8. The molecule has 3 aromatic rings. The van der Waals surface area contributed by atoms with Gasteiger partial charge < -0.3 is 19.7 Å². The highest BCUT2D eigenvalue weighted by molar-refractivity contribution is 5.94. The van der Waals surface area contributed by atoms with Gasteiger partial charge in [-0.1, -0.05) is 29.8 Å². The number of amides is 1. The van der Waals surface area contributed by atoms with Gasteiger partial charge in [0.2, 0.25) is 11.9 Å². The molecule has 1 N–H and O–H groups in total. The van der Waals surface area contributed by atoms with Crippen molar-refractivity contribution in [1.82, 2.24) is 9.97 Å². The molecule has 1 aliphatic rings. The minimum absolute atomic E-state index is 0.00355. The number of anilines is 2. The summed E-state index contributed by atoms with van der Waals surface area (Å²) in [7, 11) is 3.17. The standard InChI is InChI=1S/C25H28N4O3/c1-17-5-4-6-19(13-17)20-15-26-25(27-16-20)29-11-9-18(10-12-29)24(30)28-22-8-7-21(31-2)14-23(22)32-3/h4-8,13-16,18H,9-12H2,1-3H3,(H,28,30). The lowest BCUT2D eigenvalue weighted by Gasteiger charge is -2.31. The van der Waals surface area contributed by atoms with E-state index in [2.05, 4.69) is 45.3 Å². The molecular weight excluding hydrogens is 404 g/mol. The van der Waals surface area contributed by atoms with Crippen LogP contribution in [-0.2, 0) is 4.79 Å². The summed E-state index contributed by atoms with van der Waals surface area (Å²) in [6, 6.07) is 13.7. The number of hydrogen-bond acceptors (Lipinski definition) is 6. The Morgan fingerprint density at radius 2 is 1.75 bits per heavy atom. The van der Waals surface area contributed by atoms with Crippen molar-refractivity contribution in [2.75, 3.05) is 37.5 Å². The number of methoxy groups -OCH3 is 2. The van der Waals surface area contributed by atoms with Gasteiger partial charge in [-0.3, -0.25) is 4.79 Å². The second-order valence-electron chi connectivity index (χ2n) is 7.96. The topological polar surface area (TPSA) is 76.6 Å². The van der Waals surface area contributed by atoms with E-state index in [1.807, 2.05) is 18.5 Å². The number of carbonyl (C=O) groups is 1. The molecule has 1 fully saturated rings. The molecule has 0 unspecified atom stereocenters. The summed E-state index contributed by atoms with van der Waals surface area (Å²) in [5.41, 5.74) is 3.97. The van der Waals surface area contributed by atoms with Crippen LogP contribution in [0.4, 0.5) is 11.6 Å². The van der Waals surface area contributed by atoms with Gasteiger partial charge in [0.1, 0.15) is 11.5 Å². The first-order valence-electron chi connectivity index (χ1n) is 10.7. The van der Waals surface area contributed by atoms with Gasteiger partial charge in [0, 0.05) is 43.0 Å². The summed E-state index contributed by atoms with van der Waals surface area (Å²) in [6.07, 6.45) is 5.22. The van der Waals surface area contributed by atoms with E-state index in [1.54, 1.807) is 32.4 Å². The lowest BCUT2D eigenvalue weighted by molar-refractivity contribution is -0.120. The zero-order chi connectivity index (χ0) is 22.5. The number of ether oxygens (including phenoxy) is 2. The van der Waals surface area contributed by atoms with Crippen molar-refractivity contribution in [3.05, 3.63) is 60.4 Å². The van der Waals surface area contributed by atoms with E-state index < -0.39 is 0 Å². The van der Waals surface area contributed by atoms with Crippen molar-refractivity contribution >= 4 is 17.5 Å². The third kappa shape index (κ3) is 4.82. The number of aryl methyl sites for hydroxylation is 1. The second kappa shape index (κ2) is 9.68. The van der Waals surface area contributed by atoms with Crippen molar-refractivity contribution in [2.45, 2.75) is 19.8 Å². The van der Waals surface area contributed by atoms with Crippen LogP contribution in [0.3, 0.4) is 0 Å². The second-order valence-corrected chi connectivity index (χ2v) is 7.96. The molecule has 1 amide bonds. The van der Waals surface area contributed by atoms with E-state index in [0.717, 1.165) is 37.1 Å². The Bertz CT molecular complexity index is 1080. The molecule has 0 atom stereocenters. The average molecular weight is 433 g/mol. The van der Waals surface area contributed by atoms with E-state index in [0.29, 0.717) is 23.1 Å². The number of piperidine rings is 1. The Kier molecular flexibility index (Phi) is 6.54. The Hall–Kier alpha value is -3.61. The zero-order valence-corrected chi connectivity index (χ0v) is 18.7. The van der Waals surface area contributed by atoms with Crippen LogP contribution in [0.2, 0.25) is 0 Å². The van der Waals surface area contributed by atoms with Gasteiger partial charge in [-0.2, -0.15) is 0 Å². The number of nitrogens with zero attached hydrogens (tertiary/aromatic N) is 3. The minimum atomic E-state index is -0.0652. The van der Waals surface area contributed by atoms with Gasteiger partial charge in [-0.05, 0) is 37.5 Å². The fourth-order valence-corrected chi connectivity index (χ4v) is 3.94. The van der Waals surface area contributed by atoms with Crippen LogP contribution < -0.4 is 19.7 Å². The molecule has 32 heavy (non-hydrogen) atoms. The smallest absolute Gasteiger partial charge is 0.227 e. The Balaban J connectivity index is 1.35. The summed E-state index contributed by atoms with van der Waals surface area (Å²) >= 11 is 0. The van der Waals surface area contributed by atoms with Crippen molar-refractivity contribution < 1.29 is 14.3 Å². The Morgan fingerprint density at radius 1 is 1.00 bits per heavy atom. The molecule has 0 aliphatic carbocycles. The molecule has 7 heteroatoms. The maximum Gasteiger partial charge on any atom is 0.227 e. The van der Waals surface area contributed by atoms with Crippen molar-refractivity contribution in [1.29, 1.82) is 0 Å². The lowest BCUT2D eigenvalue weighted by atomic mass is 9.96. The minimum Gasteiger partial charge on any atom is -0.497 e. The first kappa shape index (κ1) is 21.6. The van der Waals surface area contributed by atoms with Gasteiger partial charge in [0.25, 0.3) is 0 Å². The van der Waals surface area contributed by atoms with E-state index in [1.165, 1.54) is 5.56 Å². The number of benzene rings is 2. The number of carbonyl (C=O) groups excluding carboxylic acids is 1. The quantitative estimate of drug-likeness (QED) is 0.625. The SMILES string of the molecule is COc1ccc(NC(=O)C2CCN(c3ncc(-c4cccc(C)c4)cn3)CC2)c(OC)c1. The first-order valence-corrected chi connectivity index (χ1v) is 10.7. The molecule has 0 saturated carbocycles. The largest absolute Gasteiger partial charge is 0.497 e. The van der Waals surface area contributed by atoms with Crippen LogP contribution in [0.15, 0.2) is 54.9 Å². The molecule has 1 aliphatic heterocycles. The van der Waals surface area contributed by atoms with Gasteiger partial charge >= 0.3 is 0 Å². The molecule has 2 heterocycles. The molecule has 0 bridgehead atoms. The summed E-state index contributed by atoms with van der Waals surface area (Å²) in [5.74, 6) is 1.91. The summed E-state index contributed by atoms with van der Waals surface area (Å²) in [6.45, 7) is 3.55. The number of aromatic nitrogens is 2. The molecule has 4 rings (SSSR count). The number of hydrogen-bond donors (Lipinski definition) is 1. The van der Waals surface area contributed by atoms with Crippen molar-refractivity contribution in [2.24, 2.45) is 5.92 Å². The summed E-state index contributed by atoms with van der Waals surface area (Å²) in [5, 5.41) is 3.00. The molecule has 0 spiro atoms. The van der Waals surface area contributed by atoms with Gasteiger partial charge in [-0.15, -0.1) is 0 Å². The normalized spacial score (nSPS) is 14.2. The van der Waals surface area contributed by atoms with Crippen LogP contribution in [0.5, 0.6) is 11.5 Å². The van der Waals surface area contributed by atoms with Gasteiger partial charge in [0.15, 0.2) is 0 Å². The van der Waals surface area contributed by atoms with Gasteiger partial charge in [0.05, 0.1) is 19.9 Å². The highest BCUT2D eigenvalue weighted by Gasteiger charge is 2.26. The lowest BCUT2D eigenvalue weighted by Crippen LogP contribution is -2.39. The summed E-state index contributed by atoms with van der Waals surface area (Å²) < 4.78 is 10.6. The molecule has 0 radical (unpaired) electrons. The number of rotatable bonds is 6. The fraction of sp³-hybridized carbons (Fsp3) is 0.320. The van der Waals surface area contributed by atoms with Crippen LogP contribution in [0.25, 0.3) is 11.1 Å². The molecular formula is C25H28N4O3. The zero-order valence-electron chi connectivity index (χ0n) is 18.7. The fourth-order valence-electron chi connectivity index (χ4n) is 3.94. The van der Waals surface area contributed by atoms with Crippen LogP contribution in [0, 0.1) is 12.8 Å². The summed E-state index contributed by atoms with van der Waals surface area (Å²) in [4.78, 5) is 24.1.